The van der Waals surface area contributed by atoms with E-state index in [1.54, 1.807) is 6.07 Å². The number of imidazole rings is 1. The molecule has 1 unspecified atom stereocenters. The summed E-state index contributed by atoms with van der Waals surface area (Å²) in [6.45, 7) is 6.13. The Morgan fingerprint density at radius 3 is 2.53 bits per heavy atom. The molecule has 0 aliphatic carbocycles. The van der Waals surface area contributed by atoms with Crippen LogP contribution in [0, 0.1) is 12.7 Å². The molecule has 0 aliphatic rings. The van der Waals surface area contributed by atoms with Crippen LogP contribution in [0.2, 0.25) is 0 Å². The van der Waals surface area contributed by atoms with Crippen LogP contribution in [0.15, 0.2) is 36.4 Å². The van der Waals surface area contributed by atoms with Gasteiger partial charge in [0.15, 0.2) is 0 Å². The van der Waals surface area contributed by atoms with Gasteiger partial charge < -0.3 is 20.4 Å². The van der Waals surface area contributed by atoms with Gasteiger partial charge in [0.05, 0.1) is 17.6 Å². The largest absolute Gasteiger partial charge is 0.383 e. The third-order valence-electron chi connectivity index (χ3n) is 4.59. The van der Waals surface area contributed by atoms with E-state index in [1.165, 1.54) is 19.2 Å². The number of nitrogens with one attached hydrogen (secondary N) is 1. The Balaban J connectivity index is 0.00000225. The van der Waals surface area contributed by atoms with Gasteiger partial charge in [0.1, 0.15) is 17.7 Å². The third kappa shape index (κ3) is 5.29. The first-order valence-electron chi connectivity index (χ1n) is 9.15. The minimum atomic E-state index is -0.732. The maximum Gasteiger partial charge on any atom is 0.243 e. The average Bonchev–Trinajstić information content (AvgIpc) is 3.02. The van der Waals surface area contributed by atoms with Crippen LogP contribution in [0.4, 0.5) is 10.1 Å². The molecule has 1 amide bonds. The first-order chi connectivity index (χ1) is 13.3. The standard InChI is InChI=1S/C21H25FN4O2.2ClH/c1-12(2)26-19-10-15(22)6-8-18(19)24-20(26)14-5-7-17(13(3)9-14)25-21(27)16(23)11-28-4;;/h5-10,12,16H,11,23H2,1-4H3,(H,25,27);2*1H. The molecule has 6 nitrogen and oxygen atoms in total. The van der Waals surface area contributed by atoms with Crippen LogP contribution < -0.4 is 11.1 Å². The SMILES string of the molecule is COCC(N)C(=O)Nc1ccc(-c2nc3ccc(F)cc3n2C(C)C)cc1C.Cl.Cl. The molecule has 30 heavy (non-hydrogen) atoms. The molecule has 3 aromatic rings. The van der Waals surface area contributed by atoms with E-state index in [4.69, 9.17) is 15.5 Å². The zero-order valence-electron chi connectivity index (χ0n) is 17.3. The maximum absolute atomic E-state index is 13.7. The fraction of sp³-hybridized carbons (Fsp3) is 0.333. The lowest BCUT2D eigenvalue weighted by molar-refractivity contribution is -0.118. The number of anilines is 1. The van der Waals surface area contributed by atoms with Gasteiger partial charge in [-0.25, -0.2) is 9.37 Å². The van der Waals surface area contributed by atoms with E-state index in [1.807, 2.05) is 43.5 Å². The first-order valence-corrected chi connectivity index (χ1v) is 9.15. The van der Waals surface area contributed by atoms with Crippen LogP contribution in [0.3, 0.4) is 0 Å². The van der Waals surface area contributed by atoms with Gasteiger partial charge in [-0.15, -0.1) is 24.8 Å². The molecule has 2 aromatic carbocycles. The Hall–Kier alpha value is -2.19. The normalized spacial score (nSPS) is 11.7. The van der Waals surface area contributed by atoms with Crippen LogP contribution in [0.5, 0.6) is 0 Å². The average molecular weight is 457 g/mol. The monoisotopic (exact) mass is 456 g/mol. The molecule has 3 N–H and O–H groups in total. The Morgan fingerprint density at radius 1 is 1.23 bits per heavy atom. The van der Waals surface area contributed by atoms with Crippen molar-refractivity contribution in [2.75, 3.05) is 19.0 Å². The number of rotatable bonds is 6. The summed E-state index contributed by atoms with van der Waals surface area (Å²) in [5.41, 5.74) is 9.72. The molecule has 164 valence electrons. The molecule has 0 fully saturated rings. The van der Waals surface area contributed by atoms with Crippen LogP contribution in [0.25, 0.3) is 22.4 Å². The number of methoxy groups -OCH3 is 1. The molecule has 0 saturated carbocycles. The van der Waals surface area contributed by atoms with Crippen molar-refractivity contribution < 1.29 is 13.9 Å². The van der Waals surface area contributed by atoms with Crippen molar-refractivity contribution in [2.24, 2.45) is 5.73 Å². The molecule has 0 saturated heterocycles. The number of aryl methyl sites for hydroxylation is 1. The molecular formula is C21H27Cl2FN4O2. The highest BCUT2D eigenvalue weighted by molar-refractivity contribution is 5.95. The Kier molecular flexibility index (Phi) is 9.24. The van der Waals surface area contributed by atoms with E-state index in [0.29, 0.717) is 5.69 Å². The number of amides is 1. The second-order valence-electron chi connectivity index (χ2n) is 7.11. The highest BCUT2D eigenvalue weighted by Gasteiger charge is 2.18. The van der Waals surface area contributed by atoms with Gasteiger partial charge in [-0.3, -0.25) is 4.79 Å². The van der Waals surface area contributed by atoms with E-state index >= 15 is 0 Å². The van der Waals surface area contributed by atoms with E-state index in [9.17, 15) is 9.18 Å². The van der Waals surface area contributed by atoms with E-state index in [2.05, 4.69) is 5.32 Å². The highest BCUT2D eigenvalue weighted by atomic mass is 35.5. The summed E-state index contributed by atoms with van der Waals surface area (Å²) in [5.74, 6) is 0.165. The molecule has 1 aromatic heterocycles. The smallest absolute Gasteiger partial charge is 0.243 e. The zero-order chi connectivity index (χ0) is 20.4. The maximum atomic E-state index is 13.7. The lowest BCUT2D eigenvalue weighted by Crippen LogP contribution is -2.39. The van der Waals surface area contributed by atoms with E-state index in [-0.39, 0.29) is 49.2 Å². The number of fused-ring (bicyclic) bond motifs is 1. The van der Waals surface area contributed by atoms with Crippen LogP contribution in [-0.2, 0) is 9.53 Å². The van der Waals surface area contributed by atoms with Crippen molar-refractivity contribution in [3.8, 4) is 11.4 Å². The lowest BCUT2D eigenvalue weighted by Gasteiger charge is -2.16. The van der Waals surface area contributed by atoms with E-state index < -0.39 is 6.04 Å². The van der Waals surface area contributed by atoms with Gasteiger partial charge in [-0.1, -0.05) is 0 Å². The molecule has 1 atom stereocenters. The van der Waals surface area contributed by atoms with Crippen molar-refractivity contribution in [2.45, 2.75) is 32.9 Å². The topological polar surface area (TPSA) is 82.2 Å². The van der Waals surface area contributed by atoms with Crippen LogP contribution in [0.1, 0.15) is 25.5 Å². The summed E-state index contributed by atoms with van der Waals surface area (Å²) in [5, 5.41) is 2.82. The van der Waals surface area contributed by atoms with Crippen LogP contribution >= 0.6 is 24.8 Å². The molecule has 1 heterocycles. The Bertz CT molecular complexity index is 1020. The first kappa shape index (κ1) is 25.8. The number of carbonyl (C=O) groups excluding carboxylic acids is 1. The fourth-order valence-electron chi connectivity index (χ4n) is 3.22. The number of ether oxygens (including phenoxy) is 1. The third-order valence-corrected chi connectivity index (χ3v) is 4.59. The molecule has 3 rings (SSSR count). The summed E-state index contributed by atoms with van der Waals surface area (Å²) >= 11 is 0. The molecule has 0 bridgehead atoms. The quantitative estimate of drug-likeness (QED) is 0.572. The number of aromatic nitrogens is 2. The summed E-state index contributed by atoms with van der Waals surface area (Å²) in [7, 11) is 1.50. The summed E-state index contributed by atoms with van der Waals surface area (Å²) in [6.07, 6.45) is 0. The number of nitrogens with zero attached hydrogens (tertiary/aromatic N) is 2. The van der Waals surface area contributed by atoms with Crippen molar-refractivity contribution >= 4 is 47.4 Å². The predicted molar refractivity (Wildman–Crippen MR) is 123 cm³/mol. The van der Waals surface area contributed by atoms with Gasteiger partial charge in [-0.2, -0.15) is 0 Å². The number of benzene rings is 2. The minimum absolute atomic E-state index is 0. The zero-order valence-corrected chi connectivity index (χ0v) is 18.9. The summed E-state index contributed by atoms with van der Waals surface area (Å²) in [4.78, 5) is 16.8. The molecule has 0 radical (unpaired) electrons. The number of carbonyl (C=O) groups is 1. The number of hydrogen-bond acceptors (Lipinski definition) is 4. The highest BCUT2D eigenvalue weighted by Crippen LogP contribution is 2.31. The summed E-state index contributed by atoms with van der Waals surface area (Å²) < 4.78 is 20.7. The Morgan fingerprint density at radius 2 is 1.93 bits per heavy atom. The summed E-state index contributed by atoms with van der Waals surface area (Å²) in [6, 6.07) is 9.65. The van der Waals surface area contributed by atoms with Gasteiger partial charge in [-0.05, 0) is 62.7 Å². The Labute approximate surface area is 187 Å². The molecule has 0 aliphatic heterocycles. The van der Waals surface area contributed by atoms with Gasteiger partial charge in [0.2, 0.25) is 5.91 Å². The molecule has 0 spiro atoms. The van der Waals surface area contributed by atoms with Crippen molar-refractivity contribution in [3.63, 3.8) is 0 Å². The fourth-order valence-corrected chi connectivity index (χ4v) is 3.22. The number of nitrogens with two attached hydrogens (primary N) is 1. The second-order valence-corrected chi connectivity index (χ2v) is 7.11. The lowest BCUT2D eigenvalue weighted by atomic mass is 10.1. The van der Waals surface area contributed by atoms with Gasteiger partial charge in [0.25, 0.3) is 0 Å². The van der Waals surface area contributed by atoms with Crippen molar-refractivity contribution in [3.05, 3.63) is 47.8 Å². The second kappa shape index (κ2) is 10.7. The van der Waals surface area contributed by atoms with Gasteiger partial charge in [0, 0.05) is 24.4 Å². The van der Waals surface area contributed by atoms with Crippen LogP contribution in [-0.4, -0.2) is 35.2 Å². The number of halogens is 3. The molecular weight excluding hydrogens is 430 g/mol. The molecule has 9 heteroatoms. The van der Waals surface area contributed by atoms with Gasteiger partial charge >= 0.3 is 0 Å². The van der Waals surface area contributed by atoms with Crippen molar-refractivity contribution in [1.29, 1.82) is 0 Å². The number of hydrogen-bond donors (Lipinski definition) is 2. The predicted octanol–water partition coefficient (Wildman–Crippen LogP) is 4.49. The van der Waals surface area contributed by atoms with Crippen molar-refractivity contribution in [1.82, 2.24) is 9.55 Å². The van der Waals surface area contributed by atoms with E-state index in [0.717, 1.165) is 28.0 Å². The minimum Gasteiger partial charge on any atom is -0.383 e.